The number of amides is 1. The predicted molar refractivity (Wildman–Crippen MR) is 52.8 cm³/mol. The minimum atomic E-state index is -0.236. The Morgan fingerprint density at radius 2 is 2.60 bits per heavy atom. The van der Waals surface area contributed by atoms with Crippen molar-refractivity contribution in [3.63, 3.8) is 0 Å². The molecule has 6 nitrogen and oxygen atoms in total. The number of carbonyl (C=O) groups excluding carboxylic acids is 1. The Morgan fingerprint density at radius 1 is 1.80 bits per heavy atom. The van der Waals surface area contributed by atoms with E-state index in [0.29, 0.717) is 18.8 Å². The van der Waals surface area contributed by atoms with Crippen LogP contribution in [-0.2, 0) is 16.1 Å². The molecule has 3 N–H and O–H groups in total. The normalized spacial score (nSPS) is 12.4. The Kier molecular flexibility index (Phi) is 4.79. The van der Waals surface area contributed by atoms with Crippen molar-refractivity contribution in [3.05, 3.63) is 18.0 Å². The number of nitrogens with two attached hydrogens (primary N) is 1. The lowest BCUT2D eigenvalue weighted by Crippen LogP contribution is -2.31. The standard InChI is InChI=1S/C9H15N3O3/c1-14-8(5-10)4-9(13)11-6-7-2-3-12-15-7/h2-3,8H,4-6,10H2,1H3,(H,11,13). The maximum absolute atomic E-state index is 11.4. The van der Waals surface area contributed by atoms with Crippen molar-refractivity contribution in [3.8, 4) is 0 Å². The highest BCUT2D eigenvalue weighted by Gasteiger charge is 2.11. The molecule has 1 atom stereocenters. The maximum Gasteiger partial charge on any atom is 0.223 e. The monoisotopic (exact) mass is 213 g/mol. The fraction of sp³-hybridized carbons (Fsp3) is 0.556. The number of hydrogen-bond donors (Lipinski definition) is 2. The Bertz CT molecular complexity index is 283. The van der Waals surface area contributed by atoms with E-state index >= 15 is 0 Å². The highest BCUT2D eigenvalue weighted by atomic mass is 16.5. The minimum Gasteiger partial charge on any atom is -0.380 e. The smallest absolute Gasteiger partial charge is 0.223 e. The minimum absolute atomic E-state index is 0.122. The molecule has 15 heavy (non-hydrogen) atoms. The summed E-state index contributed by atoms with van der Waals surface area (Å²) in [6, 6.07) is 1.69. The lowest BCUT2D eigenvalue weighted by molar-refractivity contribution is -0.123. The highest BCUT2D eigenvalue weighted by Crippen LogP contribution is 1.98. The van der Waals surface area contributed by atoms with Crippen molar-refractivity contribution >= 4 is 5.91 Å². The van der Waals surface area contributed by atoms with E-state index in [-0.39, 0.29) is 18.4 Å². The van der Waals surface area contributed by atoms with E-state index in [9.17, 15) is 4.79 Å². The average Bonchev–Trinajstić information content (AvgIpc) is 2.75. The number of carbonyl (C=O) groups is 1. The number of ether oxygens (including phenoxy) is 1. The third-order valence-corrected chi connectivity index (χ3v) is 1.96. The van der Waals surface area contributed by atoms with Gasteiger partial charge in [0.05, 0.1) is 25.3 Å². The molecule has 6 heteroatoms. The number of nitrogens with one attached hydrogen (secondary N) is 1. The van der Waals surface area contributed by atoms with E-state index in [1.54, 1.807) is 6.07 Å². The molecule has 0 spiro atoms. The zero-order valence-corrected chi connectivity index (χ0v) is 8.60. The Balaban J connectivity index is 2.24. The molecule has 1 aromatic heterocycles. The number of methoxy groups -OCH3 is 1. The van der Waals surface area contributed by atoms with Crippen LogP contribution in [0.25, 0.3) is 0 Å². The van der Waals surface area contributed by atoms with Crippen molar-refractivity contribution < 1.29 is 14.1 Å². The second-order valence-corrected chi connectivity index (χ2v) is 3.05. The quantitative estimate of drug-likeness (QED) is 0.674. The van der Waals surface area contributed by atoms with Gasteiger partial charge in [0.25, 0.3) is 0 Å². The molecule has 0 saturated carbocycles. The van der Waals surface area contributed by atoms with E-state index in [0.717, 1.165) is 0 Å². The first kappa shape index (κ1) is 11.7. The predicted octanol–water partition coefficient (Wildman–Crippen LogP) is -0.345. The molecule has 0 aromatic carbocycles. The summed E-state index contributed by atoms with van der Waals surface area (Å²) < 4.78 is 9.81. The third kappa shape index (κ3) is 4.09. The van der Waals surface area contributed by atoms with E-state index in [1.807, 2.05) is 0 Å². The molecule has 1 amide bonds. The molecular weight excluding hydrogens is 198 g/mol. The average molecular weight is 213 g/mol. The van der Waals surface area contributed by atoms with Crippen LogP contribution in [0, 0.1) is 0 Å². The summed E-state index contributed by atoms with van der Waals surface area (Å²) >= 11 is 0. The summed E-state index contributed by atoms with van der Waals surface area (Å²) in [7, 11) is 1.53. The van der Waals surface area contributed by atoms with Gasteiger partial charge in [-0.2, -0.15) is 0 Å². The van der Waals surface area contributed by atoms with Gasteiger partial charge in [-0.25, -0.2) is 0 Å². The summed E-state index contributed by atoms with van der Waals surface area (Å²) in [6.45, 7) is 0.659. The lowest BCUT2D eigenvalue weighted by atomic mass is 10.2. The van der Waals surface area contributed by atoms with Crippen LogP contribution in [0.15, 0.2) is 16.8 Å². The first-order valence-corrected chi connectivity index (χ1v) is 4.65. The van der Waals surface area contributed by atoms with Gasteiger partial charge >= 0.3 is 0 Å². The van der Waals surface area contributed by atoms with Crippen LogP contribution in [0.1, 0.15) is 12.2 Å². The van der Waals surface area contributed by atoms with Crippen molar-refractivity contribution in [2.75, 3.05) is 13.7 Å². The lowest BCUT2D eigenvalue weighted by Gasteiger charge is -2.11. The summed E-state index contributed by atoms with van der Waals surface area (Å²) in [6.07, 6.45) is 1.54. The summed E-state index contributed by atoms with van der Waals surface area (Å²) in [5, 5.41) is 6.20. The molecule has 0 aliphatic heterocycles. The Hall–Kier alpha value is -1.40. The zero-order chi connectivity index (χ0) is 11.1. The number of nitrogens with zero attached hydrogens (tertiary/aromatic N) is 1. The number of aromatic nitrogens is 1. The van der Waals surface area contributed by atoms with Gasteiger partial charge < -0.3 is 20.3 Å². The third-order valence-electron chi connectivity index (χ3n) is 1.96. The molecule has 1 rings (SSSR count). The van der Waals surface area contributed by atoms with Gasteiger partial charge in [0.2, 0.25) is 5.91 Å². The SMILES string of the molecule is COC(CN)CC(=O)NCc1ccno1. The van der Waals surface area contributed by atoms with E-state index in [2.05, 4.69) is 10.5 Å². The highest BCUT2D eigenvalue weighted by molar-refractivity contribution is 5.76. The largest absolute Gasteiger partial charge is 0.380 e. The number of rotatable bonds is 6. The molecule has 0 radical (unpaired) electrons. The maximum atomic E-state index is 11.4. The molecule has 0 bridgehead atoms. The first-order valence-electron chi connectivity index (χ1n) is 4.65. The second kappa shape index (κ2) is 6.15. The van der Waals surface area contributed by atoms with Crippen molar-refractivity contribution in [1.82, 2.24) is 10.5 Å². The van der Waals surface area contributed by atoms with Gasteiger partial charge in [-0.3, -0.25) is 4.79 Å². The molecule has 1 heterocycles. The summed E-state index contributed by atoms with van der Waals surface area (Å²) in [5.74, 6) is 0.494. The zero-order valence-electron chi connectivity index (χ0n) is 8.60. The topological polar surface area (TPSA) is 90.4 Å². The molecule has 0 saturated heterocycles. The van der Waals surface area contributed by atoms with Gasteiger partial charge in [0, 0.05) is 19.7 Å². The van der Waals surface area contributed by atoms with E-state index in [4.69, 9.17) is 15.0 Å². The molecule has 0 aliphatic rings. The Labute approximate surface area is 87.8 Å². The molecule has 1 unspecified atom stereocenters. The van der Waals surface area contributed by atoms with Gasteiger partial charge in [-0.05, 0) is 0 Å². The summed E-state index contributed by atoms with van der Waals surface area (Å²) in [4.78, 5) is 11.4. The molecule has 0 aliphatic carbocycles. The molecule has 0 fully saturated rings. The van der Waals surface area contributed by atoms with Crippen LogP contribution in [0.3, 0.4) is 0 Å². The number of hydrogen-bond acceptors (Lipinski definition) is 5. The van der Waals surface area contributed by atoms with Crippen LogP contribution in [0.4, 0.5) is 0 Å². The molecule has 84 valence electrons. The van der Waals surface area contributed by atoms with Crippen molar-refractivity contribution in [2.24, 2.45) is 5.73 Å². The fourth-order valence-electron chi connectivity index (χ4n) is 1.06. The fourth-order valence-corrected chi connectivity index (χ4v) is 1.06. The van der Waals surface area contributed by atoms with Crippen LogP contribution < -0.4 is 11.1 Å². The van der Waals surface area contributed by atoms with Gasteiger partial charge in [-0.15, -0.1) is 0 Å². The van der Waals surface area contributed by atoms with Crippen LogP contribution in [0.5, 0.6) is 0 Å². The van der Waals surface area contributed by atoms with Crippen molar-refractivity contribution in [2.45, 2.75) is 19.1 Å². The van der Waals surface area contributed by atoms with Crippen LogP contribution in [0.2, 0.25) is 0 Å². The molecule has 1 aromatic rings. The second-order valence-electron chi connectivity index (χ2n) is 3.05. The van der Waals surface area contributed by atoms with Gasteiger partial charge in [-0.1, -0.05) is 5.16 Å². The van der Waals surface area contributed by atoms with Crippen LogP contribution >= 0.6 is 0 Å². The van der Waals surface area contributed by atoms with Crippen molar-refractivity contribution in [1.29, 1.82) is 0 Å². The Morgan fingerprint density at radius 3 is 3.13 bits per heavy atom. The van der Waals surface area contributed by atoms with Gasteiger partial charge in [0.15, 0.2) is 5.76 Å². The van der Waals surface area contributed by atoms with Gasteiger partial charge in [0.1, 0.15) is 0 Å². The summed E-state index contributed by atoms with van der Waals surface area (Å²) in [5.41, 5.74) is 5.39. The first-order chi connectivity index (χ1) is 7.26. The van der Waals surface area contributed by atoms with Crippen LogP contribution in [-0.4, -0.2) is 30.8 Å². The van der Waals surface area contributed by atoms with E-state index in [1.165, 1.54) is 13.3 Å². The molecular formula is C9H15N3O3. The van der Waals surface area contributed by atoms with E-state index < -0.39 is 0 Å².